The molecule has 0 spiro atoms. The minimum Gasteiger partial charge on any atom is -0.324 e. The Hall–Kier alpha value is -2.83. The number of hydrogen-bond acceptors (Lipinski definition) is 3. The SMILES string of the molecule is Cc1cc2[nH]c(=O)[nH]c2c(NC(=O)CC(C)n2cccn2)c1C. The van der Waals surface area contributed by atoms with Crippen LogP contribution in [0.2, 0.25) is 0 Å². The van der Waals surface area contributed by atoms with Crippen molar-refractivity contribution in [1.82, 2.24) is 19.7 Å². The third-order valence-electron chi connectivity index (χ3n) is 4.06. The zero-order valence-corrected chi connectivity index (χ0v) is 13.3. The van der Waals surface area contributed by atoms with Gasteiger partial charge in [-0.25, -0.2) is 4.79 Å². The van der Waals surface area contributed by atoms with Crippen LogP contribution >= 0.6 is 0 Å². The number of rotatable bonds is 4. The second-order valence-corrected chi connectivity index (χ2v) is 5.78. The number of fused-ring (bicyclic) bond motifs is 1. The van der Waals surface area contributed by atoms with E-state index in [-0.39, 0.29) is 17.6 Å². The maximum absolute atomic E-state index is 12.4. The predicted molar refractivity (Wildman–Crippen MR) is 88.6 cm³/mol. The molecule has 1 aromatic carbocycles. The number of nitrogens with one attached hydrogen (secondary N) is 3. The second-order valence-electron chi connectivity index (χ2n) is 5.78. The molecular weight excluding hydrogens is 294 g/mol. The third-order valence-corrected chi connectivity index (χ3v) is 4.06. The number of aromatic amines is 2. The third kappa shape index (κ3) is 2.90. The number of H-pyrrole nitrogens is 2. The van der Waals surface area contributed by atoms with Crippen LogP contribution in [-0.4, -0.2) is 25.7 Å². The summed E-state index contributed by atoms with van der Waals surface area (Å²) in [6.07, 6.45) is 3.82. The van der Waals surface area contributed by atoms with Gasteiger partial charge in [-0.15, -0.1) is 0 Å². The summed E-state index contributed by atoms with van der Waals surface area (Å²) in [5, 5.41) is 7.08. The Balaban J connectivity index is 1.87. The first-order chi connectivity index (χ1) is 11.0. The monoisotopic (exact) mass is 313 g/mol. The highest BCUT2D eigenvalue weighted by Crippen LogP contribution is 2.27. The lowest BCUT2D eigenvalue weighted by Gasteiger charge is -2.15. The molecule has 23 heavy (non-hydrogen) atoms. The van der Waals surface area contributed by atoms with E-state index < -0.39 is 0 Å². The van der Waals surface area contributed by atoms with Gasteiger partial charge in [-0.2, -0.15) is 5.10 Å². The number of nitrogens with zero attached hydrogens (tertiary/aromatic N) is 2. The second kappa shape index (κ2) is 5.75. The number of amides is 1. The van der Waals surface area contributed by atoms with E-state index in [9.17, 15) is 9.59 Å². The molecule has 0 saturated carbocycles. The van der Waals surface area contributed by atoms with Gasteiger partial charge in [-0.3, -0.25) is 9.48 Å². The van der Waals surface area contributed by atoms with Gasteiger partial charge in [0.1, 0.15) is 0 Å². The highest BCUT2D eigenvalue weighted by atomic mass is 16.2. The number of imidazole rings is 1. The van der Waals surface area contributed by atoms with Crippen molar-refractivity contribution in [2.24, 2.45) is 0 Å². The summed E-state index contributed by atoms with van der Waals surface area (Å²) in [5.41, 5.74) is 3.61. The zero-order chi connectivity index (χ0) is 16.6. The molecule has 1 unspecified atom stereocenters. The van der Waals surface area contributed by atoms with Crippen LogP contribution in [-0.2, 0) is 4.79 Å². The molecule has 2 aromatic heterocycles. The van der Waals surface area contributed by atoms with E-state index in [1.807, 2.05) is 39.1 Å². The lowest BCUT2D eigenvalue weighted by Crippen LogP contribution is -2.18. The number of benzene rings is 1. The average molecular weight is 313 g/mol. The molecule has 3 aromatic rings. The van der Waals surface area contributed by atoms with Crippen molar-refractivity contribution in [3.8, 4) is 0 Å². The van der Waals surface area contributed by atoms with Crippen LogP contribution in [0.3, 0.4) is 0 Å². The van der Waals surface area contributed by atoms with Gasteiger partial charge < -0.3 is 15.3 Å². The number of carbonyl (C=O) groups is 1. The van der Waals surface area contributed by atoms with Gasteiger partial charge in [0.05, 0.1) is 22.8 Å². The topological polar surface area (TPSA) is 95.6 Å². The van der Waals surface area contributed by atoms with E-state index in [2.05, 4.69) is 20.4 Å². The summed E-state index contributed by atoms with van der Waals surface area (Å²) >= 11 is 0. The fraction of sp³-hybridized carbons (Fsp3) is 0.312. The summed E-state index contributed by atoms with van der Waals surface area (Å²) in [6, 6.07) is 3.67. The molecular formula is C16H19N5O2. The lowest BCUT2D eigenvalue weighted by molar-refractivity contribution is -0.116. The van der Waals surface area contributed by atoms with Crippen molar-refractivity contribution in [1.29, 1.82) is 0 Å². The van der Waals surface area contributed by atoms with E-state index in [0.29, 0.717) is 23.1 Å². The largest absolute Gasteiger partial charge is 0.324 e. The molecule has 0 bridgehead atoms. The first-order valence-electron chi connectivity index (χ1n) is 7.47. The van der Waals surface area contributed by atoms with Crippen molar-refractivity contribution < 1.29 is 4.79 Å². The van der Waals surface area contributed by atoms with Crippen molar-refractivity contribution >= 4 is 22.6 Å². The van der Waals surface area contributed by atoms with E-state index >= 15 is 0 Å². The van der Waals surface area contributed by atoms with Crippen LogP contribution in [0.5, 0.6) is 0 Å². The number of carbonyl (C=O) groups excluding carboxylic acids is 1. The first kappa shape index (κ1) is 15.1. The smallest absolute Gasteiger partial charge is 0.323 e. The van der Waals surface area contributed by atoms with Gasteiger partial charge in [0.2, 0.25) is 5.91 Å². The maximum Gasteiger partial charge on any atom is 0.323 e. The standard InChI is InChI=1S/C16H19N5O2/c1-9-7-12-15(20-16(23)18-12)14(11(9)3)19-13(22)8-10(2)21-6-4-5-17-21/h4-7,10H,8H2,1-3H3,(H,19,22)(H2,18,20,23). The minimum absolute atomic E-state index is 0.0455. The zero-order valence-electron chi connectivity index (χ0n) is 13.3. The Morgan fingerprint density at radius 2 is 2.17 bits per heavy atom. The lowest BCUT2D eigenvalue weighted by atomic mass is 10.1. The fourth-order valence-electron chi connectivity index (χ4n) is 2.66. The Morgan fingerprint density at radius 1 is 1.39 bits per heavy atom. The highest BCUT2D eigenvalue weighted by Gasteiger charge is 2.16. The molecule has 7 nitrogen and oxygen atoms in total. The molecule has 0 fully saturated rings. The normalized spacial score (nSPS) is 12.5. The molecule has 2 heterocycles. The molecule has 1 atom stereocenters. The molecule has 7 heteroatoms. The van der Waals surface area contributed by atoms with Crippen LogP contribution < -0.4 is 11.0 Å². The molecule has 120 valence electrons. The molecule has 0 aliphatic carbocycles. The Labute approximate surface area is 132 Å². The van der Waals surface area contributed by atoms with Crippen LogP contribution in [0.4, 0.5) is 5.69 Å². The van der Waals surface area contributed by atoms with Gasteiger partial charge in [0.15, 0.2) is 0 Å². The van der Waals surface area contributed by atoms with Gasteiger partial charge in [0.25, 0.3) is 0 Å². The molecule has 3 N–H and O–H groups in total. The average Bonchev–Trinajstić information content (AvgIpc) is 3.12. The summed E-state index contributed by atoms with van der Waals surface area (Å²) in [6.45, 7) is 5.80. The summed E-state index contributed by atoms with van der Waals surface area (Å²) in [5.74, 6) is -0.120. The Morgan fingerprint density at radius 3 is 2.87 bits per heavy atom. The van der Waals surface area contributed by atoms with Crippen molar-refractivity contribution in [3.05, 3.63) is 46.1 Å². The summed E-state index contributed by atoms with van der Waals surface area (Å²) < 4.78 is 1.75. The maximum atomic E-state index is 12.4. The van der Waals surface area contributed by atoms with Crippen LogP contribution in [0.15, 0.2) is 29.3 Å². The van der Waals surface area contributed by atoms with Crippen LogP contribution in [0.25, 0.3) is 11.0 Å². The van der Waals surface area contributed by atoms with E-state index in [4.69, 9.17) is 0 Å². The van der Waals surface area contributed by atoms with Crippen molar-refractivity contribution in [3.63, 3.8) is 0 Å². The Kier molecular flexibility index (Phi) is 3.77. The van der Waals surface area contributed by atoms with Gasteiger partial charge in [-0.05, 0) is 44.0 Å². The van der Waals surface area contributed by atoms with Gasteiger partial charge in [0, 0.05) is 18.8 Å². The number of aromatic nitrogens is 4. The number of aryl methyl sites for hydroxylation is 1. The molecule has 0 aliphatic heterocycles. The van der Waals surface area contributed by atoms with Crippen LogP contribution in [0, 0.1) is 13.8 Å². The summed E-state index contributed by atoms with van der Waals surface area (Å²) in [7, 11) is 0. The van der Waals surface area contributed by atoms with E-state index in [1.54, 1.807) is 10.9 Å². The first-order valence-corrected chi connectivity index (χ1v) is 7.47. The van der Waals surface area contributed by atoms with E-state index in [0.717, 1.165) is 11.1 Å². The molecule has 0 radical (unpaired) electrons. The quantitative estimate of drug-likeness (QED) is 0.689. The fourth-order valence-corrected chi connectivity index (χ4v) is 2.66. The minimum atomic E-state index is -0.287. The van der Waals surface area contributed by atoms with Crippen molar-refractivity contribution in [2.75, 3.05) is 5.32 Å². The molecule has 1 amide bonds. The molecule has 0 saturated heterocycles. The Bertz CT molecular complexity index is 905. The highest BCUT2D eigenvalue weighted by molar-refractivity contribution is 6.01. The van der Waals surface area contributed by atoms with Crippen molar-refractivity contribution in [2.45, 2.75) is 33.2 Å². The molecule has 0 aliphatic rings. The number of hydrogen-bond donors (Lipinski definition) is 3. The van der Waals surface area contributed by atoms with Crippen LogP contribution in [0.1, 0.15) is 30.5 Å². The predicted octanol–water partition coefficient (Wildman–Crippen LogP) is 2.26. The summed E-state index contributed by atoms with van der Waals surface area (Å²) in [4.78, 5) is 29.4. The van der Waals surface area contributed by atoms with Gasteiger partial charge in [-0.1, -0.05) is 0 Å². The van der Waals surface area contributed by atoms with Gasteiger partial charge >= 0.3 is 5.69 Å². The van der Waals surface area contributed by atoms with E-state index in [1.165, 1.54) is 0 Å². The molecule has 3 rings (SSSR count). The number of anilines is 1.